The van der Waals surface area contributed by atoms with Crippen LogP contribution in [0.1, 0.15) is 16.7 Å². The fourth-order valence-corrected chi connectivity index (χ4v) is 1.75. The minimum absolute atomic E-state index is 0.775. The van der Waals surface area contributed by atoms with Gasteiger partial charge in [0, 0.05) is 30.5 Å². The molecule has 0 atom stereocenters. The van der Waals surface area contributed by atoms with Crippen LogP contribution in [0.2, 0.25) is 5.02 Å². The third-order valence-corrected chi connectivity index (χ3v) is 2.96. The second kappa shape index (κ2) is 5.80. The Kier molecular flexibility index (Phi) is 4.13. The molecule has 0 aliphatic heterocycles. The van der Waals surface area contributed by atoms with Gasteiger partial charge in [-0.2, -0.15) is 0 Å². The minimum Gasteiger partial charge on any atom is -0.309 e. The standard InChI is InChI=1S/C14H15ClN2/c1-11-6-7-16-9-13(11)10-17-8-12-2-4-14(15)5-3-12/h2-7,9,17H,8,10H2,1H3. The van der Waals surface area contributed by atoms with E-state index in [1.54, 1.807) is 0 Å². The second-order valence-electron chi connectivity index (χ2n) is 4.03. The zero-order valence-corrected chi connectivity index (χ0v) is 10.5. The smallest absolute Gasteiger partial charge is 0.0406 e. The van der Waals surface area contributed by atoms with Gasteiger partial charge < -0.3 is 5.32 Å². The van der Waals surface area contributed by atoms with Crippen molar-refractivity contribution >= 4 is 11.6 Å². The van der Waals surface area contributed by atoms with Gasteiger partial charge in [0.25, 0.3) is 0 Å². The monoisotopic (exact) mass is 246 g/mol. The van der Waals surface area contributed by atoms with Gasteiger partial charge in [0.05, 0.1) is 0 Å². The molecule has 3 heteroatoms. The van der Waals surface area contributed by atoms with Gasteiger partial charge in [-0.1, -0.05) is 23.7 Å². The quantitative estimate of drug-likeness (QED) is 0.895. The molecule has 2 aromatic rings. The maximum Gasteiger partial charge on any atom is 0.0406 e. The highest BCUT2D eigenvalue weighted by Gasteiger charge is 1.97. The summed E-state index contributed by atoms with van der Waals surface area (Å²) in [6.45, 7) is 3.77. The van der Waals surface area contributed by atoms with E-state index in [1.807, 2.05) is 42.7 Å². The van der Waals surface area contributed by atoms with Crippen molar-refractivity contribution in [2.24, 2.45) is 0 Å². The normalized spacial score (nSPS) is 10.5. The first-order valence-corrected chi connectivity index (χ1v) is 5.98. The summed E-state index contributed by atoms with van der Waals surface area (Å²) in [5, 5.41) is 4.17. The third kappa shape index (κ3) is 3.55. The van der Waals surface area contributed by atoms with E-state index in [4.69, 9.17) is 11.6 Å². The molecule has 88 valence electrons. The van der Waals surface area contributed by atoms with Gasteiger partial charge in [0.2, 0.25) is 0 Å². The van der Waals surface area contributed by atoms with Gasteiger partial charge in [0.15, 0.2) is 0 Å². The summed E-state index contributed by atoms with van der Waals surface area (Å²) < 4.78 is 0. The van der Waals surface area contributed by atoms with Crippen molar-refractivity contribution in [2.75, 3.05) is 0 Å². The largest absolute Gasteiger partial charge is 0.309 e. The zero-order valence-electron chi connectivity index (χ0n) is 9.78. The number of pyridine rings is 1. The molecular weight excluding hydrogens is 232 g/mol. The molecule has 0 spiro atoms. The Morgan fingerprint density at radius 1 is 1.12 bits per heavy atom. The predicted molar refractivity (Wildman–Crippen MR) is 71.0 cm³/mol. The first-order chi connectivity index (χ1) is 8.25. The molecule has 1 heterocycles. The summed E-state index contributed by atoms with van der Waals surface area (Å²) in [7, 11) is 0. The van der Waals surface area contributed by atoms with E-state index in [2.05, 4.69) is 17.2 Å². The molecule has 0 aliphatic carbocycles. The first kappa shape index (κ1) is 12.1. The number of halogens is 1. The van der Waals surface area contributed by atoms with Crippen molar-refractivity contribution < 1.29 is 0 Å². The zero-order chi connectivity index (χ0) is 12.1. The van der Waals surface area contributed by atoms with E-state index in [0.717, 1.165) is 18.1 Å². The van der Waals surface area contributed by atoms with Crippen LogP contribution in [-0.4, -0.2) is 4.98 Å². The Labute approximate surface area is 107 Å². The highest BCUT2D eigenvalue weighted by Crippen LogP contribution is 2.10. The molecule has 2 rings (SSSR count). The molecule has 1 aromatic heterocycles. The van der Waals surface area contributed by atoms with Crippen molar-refractivity contribution in [2.45, 2.75) is 20.0 Å². The molecule has 2 nitrogen and oxygen atoms in total. The lowest BCUT2D eigenvalue weighted by molar-refractivity contribution is 0.688. The summed E-state index contributed by atoms with van der Waals surface area (Å²) in [6, 6.07) is 9.91. The molecule has 0 aliphatic rings. The topological polar surface area (TPSA) is 24.9 Å². The number of benzene rings is 1. The number of rotatable bonds is 4. The summed E-state index contributed by atoms with van der Waals surface area (Å²) in [4.78, 5) is 4.13. The Morgan fingerprint density at radius 2 is 1.88 bits per heavy atom. The average Bonchev–Trinajstić information content (AvgIpc) is 2.34. The molecular formula is C14H15ClN2. The summed E-state index contributed by atoms with van der Waals surface area (Å²) in [5.41, 5.74) is 3.74. The fraction of sp³-hybridized carbons (Fsp3) is 0.214. The minimum atomic E-state index is 0.775. The maximum absolute atomic E-state index is 5.83. The van der Waals surface area contributed by atoms with Crippen LogP contribution in [0.4, 0.5) is 0 Å². The van der Waals surface area contributed by atoms with E-state index in [-0.39, 0.29) is 0 Å². The van der Waals surface area contributed by atoms with Crippen molar-refractivity contribution in [3.8, 4) is 0 Å². The molecule has 0 bridgehead atoms. The maximum atomic E-state index is 5.83. The number of nitrogens with one attached hydrogen (secondary N) is 1. The number of aryl methyl sites for hydroxylation is 1. The van der Waals surface area contributed by atoms with Crippen molar-refractivity contribution in [1.29, 1.82) is 0 Å². The van der Waals surface area contributed by atoms with E-state index in [9.17, 15) is 0 Å². The molecule has 0 amide bonds. The van der Waals surface area contributed by atoms with E-state index < -0.39 is 0 Å². The van der Waals surface area contributed by atoms with Crippen LogP contribution in [0.5, 0.6) is 0 Å². The Bertz CT molecular complexity index is 480. The van der Waals surface area contributed by atoms with Gasteiger partial charge in [0.1, 0.15) is 0 Å². The van der Waals surface area contributed by atoms with Crippen molar-refractivity contribution in [3.05, 3.63) is 64.4 Å². The van der Waals surface area contributed by atoms with Crippen LogP contribution in [0.15, 0.2) is 42.7 Å². The first-order valence-electron chi connectivity index (χ1n) is 5.60. The van der Waals surface area contributed by atoms with Crippen LogP contribution in [-0.2, 0) is 13.1 Å². The lowest BCUT2D eigenvalue weighted by Crippen LogP contribution is -2.13. The summed E-state index contributed by atoms with van der Waals surface area (Å²) in [6.07, 6.45) is 3.72. The number of hydrogen-bond donors (Lipinski definition) is 1. The lowest BCUT2D eigenvalue weighted by Gasteiger charge is -2.07. The third-order valence-electron chi connectivity index (χ3n) is 2.71. The van der Waals surface area contributed by atoms with Crippen LogP contribution >= 0.6 is 11.6 Å². The van der Waals surface area contributed by atoms with E-state index in [0.29, 0.717) is 0 Å². The molecule has 17 heavy (non-hydrogen) atoms. The van der Waals surface area contributed by atoms with Gasteiger partial charge in [-0.3, -0.25) is 4.98 Å². The van der Waals surface area contributed by atoms with Crippen LogP contribution in [0.25, 0.3) is 0 Å². The van der Waals surface area contributed by atoms with E-state index >= 15 is 0 Å². The molecule has 0 fully saturated rings. The highest BCUT2D eigenvalue weighted by atomic mass is 35.5. The Hall–Kier alpha value is -1.38. The molecule has 0 radical (unpaired) electrons. The molecule has 1 N–H and O–H groups in total. The van der Waals surface area contributed by atoms with Gasteiger partial charge >= 0.3 is 0 Å². The number of hydrogen-bond acceptors (Lipinski definition) is 2. The SMILES string of the molecule is Cc1ccncc1CNCc1ccc(Cl)cc1. The summed E-state index contributed by atoms with van der Waals surface area (Å²) in [5.74, 6) is 0. The molecule has 0 saturated heterocycles. The molecule has 0 saturated carbocycles. The van der Waals surface area contributed by atoms with Gasteiger partial charge in [-0.25, -0.2) is 0 Å². The van der Waals surface area contributed by atoms with Gasteiger partial charge in [-0.05, 0) is 41.8 Å². The summed E-state index contributed by atoms with van der Waals surface area (Å²) >= 11 is 5.83. The van der Waals surface area contributed by atoms with Crippen molar-refractivity contribution in [1.82, 2.24) is 10.3 Å². The van der Waals surface area contributed by atoms with Crippen LogP contribution in [0, 0.1) is 6.92 Å². The fourth-order valence-electron chi connectivity index (χ4n) is 1.63. The molecule has 0 unspecified atom stereocenters. The van der Waals surface area contributed by atoms with Gasteiger partial charge in [-0.15, -0.1) is 0 Å². The number of aromatic nitrogens is 1. The van der Waals surface area contributed by atoms with E-state index in [1.165, 1.54) is 16.7 Å². The Morgan fingerprint density at radius 3 is 2.59 bits per heavy atom. The van der Waals surface area contributed by atoms with Crippen LogP contribution in [0.3, 0.4) is 0 Å². The predicted octanol–water partition coefficient (Wildman–Crippen LogP) is 3.33. The Balaban J connectivity index is 1.88. The second-order valence-corrected chi connectivity index (χ2v) is 4.47. The van der Waals surface area contributed by atoms with Crippen LogP contribution < -0.4 is 5.32 Å². The molecule has 1 aromatic carbocycles. The highest BCUT2D eigenvalue weighted by molar-refractivity contribution is 6.30. The lowest BCUT2D eigenvalue weighted by atomic mass is 10.1. The van der Waals surface area contributed by atoms with Crippen molar-refractivity contribution in [3.63, 3.8) is 0 Å². The average molecular weight is 247 g/mol. The number of nitrogens with zero attached hydrogens (tertiary/aromatic N) is 1.